The van der Waals surface area contributed by atoms with Crippen molar-refractivity contribution in [3.8, 4) is 22.9 Å². The first-order valence-electron chi connectivity index (χ1n) is 13.8. The summed E-state index contributed by atoms with van der Waals surface area (Å²) in [6.45, 7) is 4.85. The summed E-state index contributed by atoms with van der Waals surface area (Å²) in [5, 5.41) is 2.96. The second-order valence-corrected chi connectivity index (χ2v) is 14.6. The number of nitrogens with zero attached hydrogens (tertiary/aromatic N) is 3. The van der Waals surface area contributed by atoms with Gasteiger partial charge in [0.1, 0.15) is 15.8 Å². The molecular formula is C31H29FN4O5S2. The summed E-state index contributed by atoms with van der Waals surface area (Å²) in [5.41, 5.74) is 1.37. The van der Waals surface area contributed by atoms with Crippen LogP contribution >= 0.6 is 11.3 Å². The SMILES string of the molecule is CC(C)(C(=O)Nc1ncc(S(C)(=O)=O)s1)[C@H]1c2ccccc2Oc2nc(-c3ccc(C(=O)N4CCCC4)c(F)c3)ccc21. The van der Waals surface area contributed by atoms with Gasteiger partial charge in [0.25, 0.3) is 5.91 Å². The molecule has 2 aromatic carbocycles. The number of hydrogen-bond acceptors (Lipinski definition) is 8. The van der Waals surface area contributed by atoms with Crippen molar-refractivity contribution in [1.82, 2.24) is 14.9 Å². The number of carbonyl (C=O) groups is 2. The number of aromatic nitrogens is 2. The first-order valence-corrected chi connectivity index (χ1v) is 16.5. The molecule has 4 heterocycles. The van der Waals surface area contributed by atoms with Gasteiger partial charge >= 0.3 is 0 Å². The van der Waals surface area contributed by atoms with E-state index in [0.717, 1.165) is 36.0 Å². The highest BCUT2D eigenvalue weighted by Crippen LogP contribution is 2.52. The lowest BCUT2D eigenvalue weighted by atomic mass is 9.69. The van der Waals surface area contributed by atoms with Crippen LogP contribution in [0, 0.1) is 11.2 Å². The van der Waals surface area contributed by atoms with Gasteiger partial charge in [0.15, 0.2) is 15.0 Å². The van der Waals surface area contributed by atoms with Gasteiger partial charge < -0.3 is 15.0 Å². The molecule has 0 spiro atoms. The van der Waals surface area contributed by atoms with Crippen molar-refractivity contribution < 1.29 is 27.1 Å². The molecule has 1 N–H and O–H groups in total. The maximum Gasteiger partial charge on any atom is 0.256 e. The number of nitrogens with one attached hydrogen (secondary N) is 1. The Labute approximate surface area is 252 Å². The van der Waals surface area contributed by atoms with Crippen LogP contribution in [0.5, 0.6) is 11.6 Å². The van der Waals surface area contributed by atoms with Gasteiger partial charge in [-0.05, 0) is 37.1 Å². The molecule has 12 heteroatoms. The van der Waals surface area contributed by atoms with Gasteiger partial charge in [-0.15, -0.1) is 0 Å². The minimum atomic E-state index is -3.46. The van der Waals surface area contributed by atoms with E-state index >= 15 is 4.39 Å². The van der Waals surface area contributed by atoms with E-state index in [0.29, 0.717) is 35.7 Å². The monoisotopic (exact) mass is 620 g/mol. The zero-order valence-corrected chi connectivity index (χ0v) is 25.4. The lowest BCUT2D eigenvalue weighted by Crippen LogP contribution is -2.38. The number of para-hydroxylation sites is 1. The molecule has 222 valence electrons. The van der Waals surface area contributed by atoms with Crippen LogP contribution in [0.2, 0.25) is 0 Å². The summed E-state index contributed by atoms with van der Waals surface area (Å²) in [4.78, 5) is 36.9. The average Bonchev–Trinajstić information content (AvgIpc) is 3.68. The maximum atomic E-state index is 15.1. The van der Waals surface area contributed by atoms with E-state index in [4.69, 9.17) is 9.72 Å². The Morgan fingerprint density at radius 2 is 1.81 bits per heavy atom. The predicted molar refractivity (Wildman–Crippen MR) is 161 cm³/mol. The topological polar surface area (TPSA) is 119 Å². The maximum absolute atomic E-state index is 15.1. The Hall–Kier alpha value is -4.16. The highest BCUT2D eigenvalue weighted by atomic mass is 32.2. The molecule has 4 aromatic rings. The highest BCUT2D eigenvalue weighted by molar-refractivity contribution is 7.92. The molecule has 1 saturated heterocycles. The Bertz CT molecular complexity index is 1870. The molecule has 43 heavy (non-hydrogen) atoms. The molecule has 2 aromatic heterocycles. The molecule has 0 aliphatic carbocycles. The van der Waals surface area contributed by atoms with Crippen LogP contribution in [0.1, 0.15) is 54.1 Å². The standard InChI is InChI=1S/C31H29FN4O5S2/c1-31(2,29(38)35-30-33-17-25(42-30)43(3,39)40)26-20-8-4-5-9-24(20)41-27-21(26)12-13-23(34-27)18-10-11-19(22(32)16-18)28(37)36-14-6-7-15-36/h4-5,8-13,16-17,26H,6-7,14-15H2,1-3H3,(H,33,35,38)/t26-/m0/s1. The average molecular weight is 621 g/mol. The molecule has 0 saturated carbocycles. The number of pyridine rings is 1. The number of likely N-dealkylation sites (tertiary alicyclic amines) is 1. The number of rotatable bonds is 6. The van der Waals surface area contributed by atoms with Crippen molar-refractivity contribution >= 4 is 38.1 Å². The van der Waals surface area contributed by atoms with Crippen LogP contribution in [0.25, 0.3) is 11.3 Å². The van der Waals surface area contributed by atoms with Crippen molar-refractivity contribution in [3.63, 3.8) is 0 Å². The van der Waals surface area contributed by atoms with Crippen molar-refractivity contribution in [3.05, 3.63) is 83.3 Å². The van der Waals surface area contributed by atoms with Crippen LogP contribution in [-0.2, 0) is 14.6 Å². The van der Waals surface area contributed by atoms with Gasteiger partial charge in [0, 0.05) is 42.0 Å². The predicted octanol–water partition coefficient (Wildman–Crippen LogP) is 5.89. The highest BCUT2D eigenvalue weighted by Gasteiger charge is 2.44. The van der Waals surface area contributed by atoms with Gasteiger partial charge in [0.2, 0.25) is 11.8 Å². The molecule has 0 unspecified atom stereocenters. The van der Waals surface area contributed by atoms with E-state index in [-0.39, 0.29) is 32.6 Å². The number of anilines is 1. The number of ether oxygens (including phenoxy) is 1. The van der Waals surface area contributed by atoms with E-state index in [1.807, 2.05) is 24.3 Å². The summed E-state index contributed by atoms with van der Waals surface area (Å²) in [5.74, 6) is -0.949. The fraction of sp³-hybridized carbons (Fsp3) is 0.290. The number of amides is 2. The van der Waals surface area contributed by atoms with Crippen LogP contribution in [0.4, 0.5) is 9.52 Å². The third kappa shape index (κ3) is 5.40. The third-order valence-corrected chi connectivity index (χ3v) is 10.6. The van der Waals surface area contributed by atoms with Crippen molar-refractivity contribution in [2.24, 2.45) is 5.41 Å². The van der Waals surface area contributed by atoms with Gasteiger partial charge in [-0.3, -0.25) is 9.59 Å². The summed E-state index contributed by atoms with van der Waals surface area (Å²) >= 11 is 0.890. The molecule has 0 radical (unpaired) electrons. The molecule has 2 aliphatic heterocycles. The Morgan fingerprint density at radius 1 is 1.07 bits per heavy atom. The molecule has 2 amide bonds. The largest absolute Gasteiger partial charge is 0.438 e. The number of halogens is 1. The summed E-state index contributed by atoms with van der Waals surface area (Å²) < 4.78 is 45.2. The van der Waals surface area contributed by atoms with E-state index in [1.165, 1.54) is 18.3 Å². The van der Waals surface area contributed by atoms with Crippen LogP contribution in [0.15, 0.2) is 65.0 Å². The van der Waals surface area contributed by atoms with Crippen molar-refractivity contribution in [2.75, 3.05) is 24.7 Å². The number of sulfone groups is 1. The smallest absolute Gasteiger partial charge is 0.256 e. The first-order chi connectivity index (χ1) is 20.4. The Kier molecular flexibility index (Phi) is 7.29. The fourth-order valence-electron chi connectivity index (χ4n) is 5.59. The minimum Gasteiger partial charge on any atom is -0.438 e. The Balaban J connectivity index is 1.33. The van der Waals surface area contributed by atoms with Crippen LogP contribution < -0.4 is 10.1 Å². The van der Waals surface area contributed by atoms with Crippen LogP contribution in [-0.4, -0.2) is 54.4 Å². The normalized spacial score (nSPS) is 16.3. The number of thiazole rings is 1. The second-order valence-electron chi connectivity index (χ2n) is 11.3. The second kappa shape index (κ2) is 10.8. The summed E-state index contributed by atoms with van der Waals surface area (Å²) in [6, 6.07) is 15.4. The van der Waals surface area contributed by atoms with Gasteiger partial charge in [-0.2, -0.15) is 0 Å². The molecule has 9 nitrogen and oxygen atoms in total. The molecule has 0 bridgehead atoms. The van der Waals surface area contributed by atoms with Gasteiger partial charge in [0.05, 0.1) is 22.9 Å². The molecule has 6 rings (SSSR count). The quantitative estimate of drug-likeness (QED) is 0.286. The number of fused-ring (bicyclic) bond motifs is 2. The fourth-order valence-corrected chi connectivity index (χ4v) is 7.22. The zero-order valence-electron chi connectivity index (χ0n) is 23.8. The van der Waals surface area contributed by atoms with Gasteiger partial charge in [-0.1, -0.05) is 55.5 Å². The Morgan fingerprint density at radius 3 is 2.51 bits per heavy atom. The minimum absolute atomic E-state index is 0.0329. The van der Waals surface area contributed by atoms with Crippen molar-refractivity contribution in [1.29, 1.82) is 0 Å². The molecule has 1 atom stereocenters. The van der Waals surface area contributed by atoms with Crippen molar-refractivity contribution in [2.45, 2.75) is 36.8 Å². The third-order valence-electron chi connectivity index (χ3n) is 7.90. The zero-order chi connectivity index (χ0) is 30.5. The van der Waals surface area contributed by atoms with Gasteiger partial charge in [-0.25, -0.2) is 22.8 Å². The van der Waals surface area contributed by atoms with E-state index < -0.39 is 27.0 Å². The number of carbonyl (C=O) groups excluding carboxylic acids is 2. The van der Waals surface area contributed by atoms with Crippen LogP contribution in [0.3, 0.4) is 0 Å². The lowest BCUT2D eigenvalue weighted by molar-refractivity contribution is -0.124. The number of benzene rings is 2. The number of hydrogen-bond donors (Lipinski definition) is 1. The lowest BCUT2D eigenvalue weighted by Gasteiger charge is -2.37. The molecular weight excluding hydrogens is 591 g/mol. The van der Waals surface area contributed by atoms with E-state index in [9.17, 15) is 18.0 Å². The summed E-state index contributed by atoms with van der Waals surface area (Å²) in [7, 11) is -3.46. The molecule has 2 aliphatic rings. The van der Waals surface area contributed by atoms with E-state index in [1.54, 1.807) is 36.9 Å². The molecule has 1 fully saturated rings. The summed E-state index contributed by atoms with van der Waals surface area (Å²) in [6.07, 6.45) is 4.15. The van der Waals surface area contributed by atoms with E-state index in [2.05, 4.69) is 10.3 Å². The first kappa shape index (κ1) is 28.9.